The van der Waals surface area contributed by atoms with Crippen molar-refractivity contribution in [2.24, 2.45) is 5.73 Å². The van der Waals surface area contributed by atoms with Gasteiger partial charge < -0.3 is 10.5 Å². The van der Waals surface area contributed by atoms with Crippen molar-refractivity contribution < 1.29 is 4.74 Å². The van der Waals surface area contributed by atoms with Gasteiger partial charge in [-0.3, -0.25) is 0 Å². The van der Waals surface area contributed by atoms with Crippen LogP contribution in [0.25, 0.3) is 0 Å². The average molecular weight is 263 g/mol. The van der Waals surface area contributed by atoms with Crippen LogP contribution >= 0.6 is 12.2 Å². The summed E-state index contributed by atoms with van der Waals surface area (Å²) in [6, 6.07) is 5.98. The molecule has 0 heterocycles. The fraction of sp³-hybridized carbons (Fsp3) is 0.533. The molecule has 1 aliphatic rings. The molecule has 0 bridgehead atoms. The van der Waals surface area contributed by atoms with Gasteiger partial charge in [-0.05, 0) is 56.4 Å². The summed E-state index contributed by atoms with van der Waals surface area (Å²) in [4.78, 5) is 0.452. The summed E-state index contributed by atoms with van der Waals surface area (Å²) in [6.07, 6.45) is 8.00. The van der Waals surface area contributed by atoms with Crippen molar-refractivity contribution in [3.8, 4) is 5.75 Å². The summed E-state index contributed by atoms with van der Waals surface area (Å²) in [5.41, 5.74) is 7.69. The third kappa shape index (κ3) is 3.45. The predicted octanol–water partition coefficient (Wildman–Crippen LogP) is 3.73. The molecule has 2 N–H and O–H groups in total. The normalized spacial score (nSPS) is 17.2. The zero-order valence-corrected chi connectivity index (χ0v) is 11.8. The Labute approximate surface area is 115 Å². The van der Waals surface area contributed by atoms with E-state index in [-0.39, 0.29) is 0 Å². The van der Waals surface area contributed by atoms with E-state index < -0.39 is 0 Å². The van der Waals surface area contributed by atoms with Crippen LogP contribution in [0.4, 0.5) is 0 Å². The van der Waals surface area contributed by atoms with Gasteiger partial charge in [0.05, 0.1) is 6.10 Å². The molecular formula is C15H21NOS. The first-order valence-electron chi connectivity index (χ1n) is 6.74. The summed E-state index contributed by atoms with van der Waals surface area (Å²) >= 11 is 5.01. The molecular weight excluding hydrogens is 242 g/mol. The van der Waals surface area contributed by atoms with Crippen molar-refractivity contribution in [2.45, 2.75) is 51.6 Å². The summed E-state index contributed by atoms with van der Waals surface area (Å²) < 4.78 is 6.07. The van der Waals surface area contributed by atoms with Crippen molar-refractivity contribution in [2.75, 3.05) is 0 Å². The maximum Gasteiger partial charge on any atom is 0.120 e. The SMILES string of the molecule is Cc1cc(OC2CCCCCC2)ccc1C(N)=S. The largest absolute Gasteiger partial charge is 0.490 e. The third-order valence-electron chi connectivity index (χ3n) is 3.57. The Morgan fingerprint density at radius 1 is 1.22 bits per heavy atom. The molecule has 0 atom stereocenters. The zero-order chi connectivity index (χ0) is 13.0. The van der Waals surface area contributed by atoms with Crippen LogP contribution in [-0.2, 0) is 0 Å². The van der Waals surface area contributed by atoms with Gasteiger partial charge in [0.1, 0.15) is 10.7 Å². The number of hydrogen-bond donors (Lipinski definition) is 1. The van der Waals surface area contributed by atoms with Crippen molar-refractivity contribution in [3.63, 3.8) is 0 Å². The van der Waals surface area contributed by atoms with Crippen LogP contribution in [0, 0.1) is 6.92 Å². The number of hydrogen-bond acceptors (Lipinski definition) is 2. The molecule has 2 nitrogen and oxygen atoms in total. The molecule has 0 saturated heterocycles. The van der Waals surface area contributed by atoms with Crippen LogP contribution < -0.4 is 10.5 Å². The molecule has 0 aromatic heterocycles. The second-order valence-corrected chi connectivity index (χ2v) is 5.51. The third-order valence-corrected chi connectivity index (χ3v) is 3.79. The minimum atomic E-state index is 0.377. The van der Waals surface area contributed by atoms with E-state index in [1.165, 1.54) is 38.5 Å². The second kappa shape index (κ2) is 6.19. The standard InChI is InChI=1S/C15H21NOS/c1-11-10-13(8-9-14(11)15(16)18)17-12-6-4-2-3-5-7-12/h8-10,12H,2-7H2,1H3,(H2,16,18). The Balaban J connectivity index is 2.05. The summed E-state index contributed by atoms with van der Waals surface area (Å²) in [5.74, 6) is 0.944. The Kier molecular flexibility index (Phi) is 4.59. The van der Waals surface area contributed by atoms with E-state index in [9.17, 15) is 0 Å². The fourth-order valence-corrected chi connectivity index (χ4v) is 2.77. The van der Waals surface area contributed by atoms with Crippen LogP contribution in [0.3, 0.4) is 0 Å². The molecule has 0 unspecified atom stereocenters. The van der Waals surface area contributed by atoms with E-state index in [2.05, 4.69) is 0 Å². The van der Waals surface area contributed by atoms with Crippen molar-refractivity contribution in [1.29, 1.82) is 0 Å². The number of rotatable bonds is 3. The van der Waals surface area contributed by atoms with E-state index in [1.54, 1.807) is 0 Å². The first kappa shape index (κ1) is 13.3. The van der Waals surface area contributed by atoms with E-state index >= 15 is 0 Å². The van der Waals surface area contributed by atoms with E-state index in [1.807, 2.05) is 25.1 Å². The highest BCUT2D eigenvalue weighted by molar-refractivity contribution is 7.80. The Morgan fingerprint density at radius 2 is 1.89 bits per heavy atom. The van der Waals surface area contributed by atoms with Crippen molar-refractivity contribution in [1.82, 2.24) is 0 Å². The predicted molar refractivity (Wildman–Crippen MR) is 79.2 cm³/mol. The molecule has 1 aromatic rings. The minimum Gasteiger partial charge on any atom is -0.490 e. The Morgan fingerprint density at radius 3 is 2.44 bits per heavy atom. The maximum atomic E-state index is 6.07. The van der Waals surface area contributed by atoms with Gasteiger partial charge in [0.15, 0.2) is 0 Å². The minimum absolute atomic E-state index is 0.377. The van der Waals surface area contributed by atoms with Gasteiger partial charge >= 0.3 is 0 Å². The number of nitrogens with two attached hydrogens (primary N) is 1. The fourth-order valence-electron chi connectivity index (χ4n) is 2.54. The molecule has 1 saturated carbocycles. The van der Waals surface area contributed by atoms with Gasteiger partial charge in [-0.2, -0.15) is 0 Å². The molecule has 1 aliphatic carbocycles. The van der Waals surface area contributed by atoms with Crippen LogP contribution in [-0.4, -0.2) is 11.1 Å². The summed E-state index contributed by atoms with van der Waals surface area (Å²) in [6.45, 7) is 2.02. The number of aryl methyl sites for hydroxylation is 1. The number of benzene rings is 1. The molecule has 1 aromatic carbocycles. The van der Waals surface area contributed by atoms with Gasteiger partial charge in [-0.1, -0.05) is 25.1 Å². The molecule has 0 spiro atoms. The summed E-state index contributed by atoms with van der Waals surface area (Å²) in [7, 11) is 0. The first-order chi connectivity index (χ1) is 8.66. The average Bonchev–Trinajstić information content (AvgIpc) is 2.57. The highest BCUT2D eigenvalue weighted by atomic mass is 32.1. The molecule has 1 fully saturated rings. The number of thiocarbonyl (C=S) groups is 1. The van der Waals surface area contributed by atoms with Gasteiger partial charge in [-0.15, -0.1) is 0 Å². The molecule has 98 valence electrons. The van der Waals surface area contributed by atoms with Crippen LogP contribution in [0.15, 0.2) is 18.2 Å². The van der Waals surface area contributed by atoms with Gasteiger partial charge in [0.25, 0.3) is 0 Å². The van der Waals surface area contributed by atoms with Gasteiger partial charge in [0, 0.05) is 5.56 Å². The van der Waals surface area contributed by atoms with Crippen LogP contribution in [0.1, 0.15) is 49.7 Å². The highest BCUT2D eigenvalue weighted by Crippen LogP contribution is 2.24. The molecule has 0 amide bonds. The number of ether oxygens (including phenoxy) is 1. The molecule has 2 rings (SSSR count). The van der Waals surface area contributed by atoms with E-state index in [0.29, 0.717) is 11.1 Å². The lowest BCUT2D eigenvalue weighted by molar-refractivity contribution is 0.183. The first-order valence-corrected chi connectivity index (χ1v) is 7.15. The molecule has 3 heteroatoms. The topological polar surface area (TPSA) is 35.2 Å². The lowest BCUT2D eigenvalue weighted by Crippen LogP contribution is -2.16. The monoisotopic (exact) mass is 263 g/mol. The van der Waals surface area contributed by atoms with Crippen LogP contribution in [0.5, 0.6) is 5.75 Å². The Bertz CT molecular complexity index is 423. The smallest absolute Gasteiger partial charge is 0.120 e. The molecule has 18 heavy (non-hydrogen) atoms. The zero-order valence-electron chi connectivity index (χ0n) is 10.9. The lowest BCUT2D eigenvalue weighted by Gasteiger charge is -2.18. The molecule has 0 radical (unpaired) electrons. The molecule has 0 aliphatic heterocycles. The summed E-state index contributed by atoms with van der Waals surface area (Å²) in [5, 5.41) is 0. The van der Waals surface area contributed by atoms with Crippen molar-refractivity contribution in [3.05, 3.63) is 29.3 Å². The van der Waals surface area contributed by atoms with Gasteiger partial charge in [0.2, 0.25) is 0 Å². The van der Waals surface area contributed by atoms with Gasteiger partial charge in [-0.25, -0.2) is 0 Å². The van der Waals surface area contributed by atoms with Crippen molar-refractivity contribution >= 4 is 17.2 Å². The van der Waals surface area contributed by atoms with Crippen LogP contribution in [0.2, 0.25) is 0 Å². The van der Waals surface area contributed by atoms with E-state index in [0.717, 1.165) is 16.9 Å². The highest BCUT2D eigenvalue weighted by Gasteiger charge is 2.14. The Hall–Kier alpha value is -1.09. The second-order valence-electron chi connectivity index (χ2n) is 5.07. The lowest BCUT2D eigenvalue weighted by atomic mass is 10.1. The van der Waals surface area contributed by atoms with E-state index in [4.69, 9.17) is 22.7 Å². The quantitative estimate of drug-likeness (QED) is 0.666. The maximum absolute atomic E-state index is 6.07.